The van der Waals surface area contributed by atoms with Gasteiger partial charge in [-0.1, -0.05) is 0 Å². The van der Waals surface area contributed by atoms with E-state index in [1.807, 2.05) is 27.9 Å². The second kappa shape index (κ2) is 4.16. The number of aromatic nitrogens is 1. The van der Waals surface area contributed by atoms with Gasteiger partial charge in [-0.05, 0) is 34.7 Å². The molecule has 1 heterocycles. The summed E-state index contributed by atoms with van der Waals surface area (Å²) >= 11 is 2.02. The molecule has 0 bridgehead atoms. The first-order valence-corrected chi connectivity index (χ1v) is 4.78. The Morgan fingerprint density at radius 3 is 2.64 bits per heavy atom. The Bertz CT molecular complexity index is 334. The lowest BCUT2D eigenvalue weighted by atomic mass is 10.3. The molecular weight excluding hydrogens is 305 g/mol. The van der Waals surface area contributed by atoms with Gasteiger partial charge in [0.05, 0.1) is 0 Å². The molecule has 0 unspecified atom stereocenters. The van der Waals surface area contributed by atoms with Crippen LogP contribution >= 0.6 is 22.6 Å². The van der Waals surface area contributed by atoms with Crippen LogP contribution in [0.3, 0.4) is 0 Å². The molecule has 1 rings (SSSR count). The first-order chi connectivity index (χ1) is 6.39. The van der Waals surface area contributed by atoms with Crippen LogP contribution in [0.2, 0.25) is 0 Å². The fraction of sp³-hybridized carbons (Fsp3) is 0.250. The van der Waals surface area contributed by atoms with Crippen LogP contribution in [0.1, 0.15) is 6.92 Å². The minimum Gasteiger partial charge on any atom is -0.305 e. The van der Waals surface area contributed by atoms with E-state index in [-0.39, 0.29) is 5.82 Å². The van der Waals surface area contributed by atoms with E-state index < -0.39 is 11.8 Å². The van der Waals surface area contributed by atoms with Crippen LogP contribution in [0.25, 0.3) is 0 Å². The molecule has 1 amide bonds. The van der Waals surface area contributed by atoms with Crippen molar-refractivity contribution in [1.29, 1.82) is 0 Å². The van der Waals surface area contributed by atoms with Gasteiger partial charge in [-0.2, -0.15) is 8.78 Å². The zero-order valence-corrected chi connectivity index (χ0v) is 9.38. The molecule has 0 atom stereocenters. The maximum Gasteiger partial charge on any atom is 0.322 e. The highest BCUT2D eigenvalue weighted by molar-refractivity contribution is 14.1. The van der Waals surface area contributed by atoms with Crippen molar-refractivity contribution < 1.29 is 13.6 Å². The summed E-state index contributed by atoms with van der Waals surface area (Å²) in [5, 5.41) is 2.01. The number of carbonyl (C=O) groups excluding carboxylic acids is 1. The normalized spacial score (nSPS) is 11.1. The van der Waals surface area contributed by atoms with Crippen LogP contribution in [0.4, 0.5) is 14.6 Å². The minimum atomic E-state index is -3.38. The average Bonchev–Trinajstić information content (AvgIpc) is 2.07. The fourth-order valence-corrected chi connectivity index (χ4v) is 0.995. The predicted octanol–water partition coefficient (Wildman–Crippen LogP) is 2.28. The predicted molar refractivity (Wildman–Crippen MR) is 56.2 cm³/mol. The van der Waals surface area contributed by atoms with Gasteiger partial charge in [0.2, 0.25) is 0 Å². The van der Waals surface area contributed by atoms with E-state index in [0.29, 0.717) is 6.92 Å². The number of alkyl halides is 2. The highest BCUT2D eigenvalue weighted by Gasteiger charge is 2.32. The lowest BCUT2D eigenvalue weighted by Crippen LogP contribution is -2.31. The molecule has 1 N–H and O–H groups in total. The number of hydrogen-bond acceptors (Lipinski definition) is 2. The van der Waals surface area contributed by atoms with Gasteiger partial charge in [-0.25, -0.2) is 4.98 Å². The largest absolute Gasteiger partial charge is 0.322 e. The van der Waals surface area contributed by atoms with Crippen molar-refractivity contribution in [2.45, 2.75) is 12.8 Å². The number of rotatable bonds is 2. The number of pyridine rings is 1. The third kappa shape index (κ3) is 3.17. The molecule has 0 aliphatic heterocycles. The Labute approximate surface area is 93.1 Å². The molecule has 0 aromatic carbocycles. The van der Waals surface area contributed by atoms with Gasteiger partial charge in [0.25, 0.3) is 5.91 Å². The molecule has 0 saturated carbocycles. The standard InChI is InChI=1S/C8H7F2IN2O/c1-8(9,10)7(14)13-6-3-2-5(11)4-12-6/h2-4H,1H3,(H,12,13,14). The van der Waals surface area contributed by atoms with Crippen molar-refractivity contribution >= 4 is 34.3 Å². The summed E-state index contributed by atoms with van der Waals surface area (Å²) in [6, 6.07) is 3.13. The van der Waals surface area contributed by atoms with E-state index in [9.17, 15) is 13.6 Å². The Kier molecular flexibility index (Phi) is 3.35. The van der Waals surface area contributed by atoms with Crippen molar-refractivity contribution in [1.82, 2.24) is 4.98 Å². The number of nitrogens with one attached hydrogen (secondary N) is 1. The lowest BCUT2D eigenvalue weighted by Gasteiger charge is -2.09. The Balaban J connectivity index is 2.71. The molecule has 0 aliphatic rings. The van der Waals surface area contributed by atoms with E-state index in [2.05, 4.69) is 4.98 Å². The maximum atomic E-state index is 12.4. The SMILES string of the molecule is CC(F)(F)C(=O)Nc1ccc(I)cn1. The second-order valence-electron chi connectivity index (χ2n) is 2.70. The molecular formula is C8H7F2IN2O. The van der Waals surface area contributed by atoms with Crippen molar-refractivity contribution in [2.75, 3.05) is 5.32 Å². The zero-order valence-electron chi connectivity index (χ0n) is 7.22. The number of amides is 1. The summed E-state index contributed by atoms with van der Waals surface area (Å²) in [6.45, 7) is 0.537. The molecule has 0 radical (unpaired) electrons. The quantitative estimate of drug-likeness (QED) is 0.851. The fourth-order valence-electron chi connectivity index (χ4n) is 0.676. The van der Waals surface area contributed by atoms with Crippen LogP contribution in [-0.4, -0.2) is 16.8 Å². The van der Waals surface area contributed by atoms with Gasteiger partial charge < -0.3 is 5.32 Å². The highest BCUT2D eigenvalue weighted by Crippen LogP contribution is 2.15. The molecule has 1 aromatic heterocycles. The molecule has 3 nitrogen and oxygen atoms in total. The zero-order chi connectivity index (χ0) is 10.8. The average molecular weight is 312 g/mol. The van der Waals surface area contributed by atoms with Crippen molar-refractivity contribution in [3.05, 3.63) is 21.9 Å². The number of nitrogens with zero attached hydrogens (tertiary/aromatic N) is 1. The maximum absolute atomic E-state index is 12.4. The number of anilines is 1. The van der Waals surface area contributed by atoms with Crippen LogP contribution in [0.5, 0.6) is 0 Å². The smallest absolute Gasteiger partial charge is 0.305 e. The summed E-state index contributed by atoms with van der Waals surface area (Å²) in [4.78, 5) is 14.6. The van der Waals surface area contributed by atoms with E-state index in [1.165, 1.54) is 12.3 Å². The third-order valence-corrected chi connectivity index (χ3v) is 2.01. The van der Waals surface area contributed by atoms with Crippen molar-refractivity contribution in [3.63, 3.8) is 0 Å². The van der Waals surface area contributed by atoms with Gasteiger partial charge >= 0.3 is 5.92 Å². The summed E-state index contributed by atoms with van der Waals surface area (Å²) in [5.41, 5.74) is 0. The molecule has 6 heteroatoms. The number of carbonyl (C=O) groups is 1. The van der Waals surface area contributed by atoms with E-state index in [1.54, 1.807) is 6.07 Å². The lowest BCUT2D eigenvalue weighted by molar-refractivity contribution is -0.137. The van der Waals surface area contributed by atoms with Gasteiger partial charge in [0.1, 0.15) is 5.82 Å². The Hall–Kier alpha value is -0.790. The third-order valence-electron chi connectivity index (χ3n) is 1.37. The van der Waals surface area contributed by atoms with Crippen LogP contribution < -0.4 is 5.32 Å². The van der Waals surface area contributed by atoms with E-state index >= 15 is 0 Å². The molecule has 1 aromatic rings. The summed E-state index contributed by atoms with van der Waals surface area (Å²) in [7, 11) is 0. The topological polar surface area (TPSA) is 42.0 Å². The minimum absolute atomic E-state index is 0.122. The van der Waals surface area contributed by atoms with Gasteiger partial charge in [0, 0.05) is 16.7 Å². The number of hydrogen-bond donors (Lipinski definition) is 1. The van der Waals surface area contributed by atoms with Crippen LogP contribution in [0, 0.1) is 3.57 Å². The first kappa shape index (κ1) is 11.3. The first-order valence-electron chi connectivity index (χ1n) is 3.70. The Morgan fingerprint density at radius 2 is 2.21 bits per heavy atom. The molecule has 0 spiro atoms. The summed E-state index contributed by atoms with van der Waals surface area (Å²) in [5.74, 6) is -4.62. The van der Waals surface area contributed by atoms with E-state index in [0.717, 1.165) is 3.57 Å². The van der Waals surface area contributed by atoms with Crippen molar-refractivity contribution in [3.8, 4) is 0 Å². The van der Waals surface area contributed by atoms with Crippen LogP contribution in [0.15, 0.2) is 18.3 Å². The Morgan fingerprint density at radius 1 is 1.57 bits per heavy atom. The summed E-state index contributed by atoms with van der Waals surface area (Å²) in [6.07, 6.45) is 1.48. The molecule has 76 valence electrons. The van der Waals surface area contributed by atoms with Gasteiger partial charge in [0.15, 0.2) is 0 Å². The second-order valence-corrected chi connectivity index (χ2v) is 3.95. The molecule has 0 fully saturated rings. The van der Waals surface area contributed by atoms with E-state index in [4.69, 9.17) is 0 Å². The monoisotopic (exact) mass is 312 g/mol. The number of halogens is 3. The van der Waals surface area contributed by atoms with Gasteiger partial charge in [-0.3, -0.25) is 4.79 Å². The molecule has 14 heavy (non-hydrogen) atoms. The molecule has 0 aliphatic carbocycles. The van der Waals surface area contributed by atoms with Gasteiger partial charge in [-0.15, -0.1) is 0 Å². The summed E-state index contributed by atoms with van der Waals surface area (Å²) < 4.78 is 25.7. The molecule has 0 saturated heterocycles. The highest BCUT2D eigenvalue weighted by atomic mass is 127. The van der Waals surface area contributed by atoms with Crippen molar-refractivity contribution in [2.24, 2.45) is 0 Å². The van der Waals surface area contributed by atoms with Crippen LogP contribution in [-0.2, 0) is 4.79 Å².